The molecule has 0 saturated heterocycles. The molecule has 0 atom stereocenters. The molecule has 6 rings (SSSR count). The molecule has 0 aliphatic heterocycles. The molecule has 362 valence electrons. The SMILES string of the molecule is COc1cccc(OC)c1P(CC(C)(CP(c1c(OC)cccc1OC)c1c(OC)cccc1OC)CP(c1c(OC)cccc1OC)c1c(OC)cccc1OC)c1c(OC)cccc1OC. The predicted molar refractivity (Wildman–Crippen MR) is 279 cm³/mol. The summed E-state index contributed by atoms with van der Waals surface area (Å²) in [7, 11) is 15.7. The van der Waals surface area contributed by atoms with Crippen molar-refractivity contribution in [2.45, 2.75) is 6.92 Å². The summed E-state index contributed by atoms with van der Waals surface area (Å²) in [4.78, 5) is 0. The lowest BCUT2D eigenvalue weighted by atomic mass is 9.99. The smallest absolute Gasteiger partial charge is 0.130 e. The van der Waals surface area contributed by atoms with Crippen LogP contribution in [0.2, 0.25) is 0 Å². The Bertz CT molecular complexity index is 2040. The third-order valence-corrected chi connectivity index (χ3v) is 20.8. The van der Waals surface area contributed by atoms with E-state index in [0.29, 0.717) is 87.5 Å². The van der Waals surface area contributed by atoms with E-state index >= 15 is 0 Å². The van der Waals surface area contributed by atoms with E-state index in [9.17, 15) is 0 Å². The number of methoxy groups -OCH3 is 12. The zero-order valence-corrected chi connectivity index (χ0v) is 43.9. The molecule has 0 fully saturated rings. The van der Waals surface area contributed by atoms with E-state index in [2.05, 4.69) is 6.92 Å². The molecule has 0 amide bonds. The molecule has 6 aromatic carbocycles. The van der Waals surface area contributed by atoms with Crippen molar-refractivity contribution in [2.75, 3.05) is 104 Å². The van der Waals surface area contributed by atoms with Gasteiger partial charge in [-0.3, -0.25) is 0 Å². The molecule has 0 aliphatic carbocycles. The van der Waals surface area contributed by atoms with E-state index in [1.165, 1.54) is 0 Å². The van der Waals surface area contributed by atoms with Crippen molar-refractivity contribution in [3.8, 4) is 69.0 Å². The van der Waals surface area contributed by atoms with Gasteiger partial charge in [0.1, 0.15) is 69.0 Å². The summed E-state index contributed by atoms with van der Waals surface area (Å²) < 4.78 is 75.2. The molecule has 12 nitrogen and oxygen atoms in total. The second-order valence-corrected chi connectivity index (χ2v) is 21.8. The van der Waals surface area contributed by atoms with Gasteiger partial charge in [-0.2, -0.15) is 0 Å². The molecule has 0 bridgehead atoms. The second-order valence-electron chi connectivity index (χ2n) is 15.6. The van der Waals surface area contributed by atoms with Crippen molar-refractivity contribution >= 4 is 55.6 Å². The number of benzene rings is 6. The van der Waals surface area contributed by atoms with Crippen LogP contribution in [0.5, 0.6) is 69.0 Å². The Kier molecular flexibility index (Phi) is 18.2. The number of rotatable bonds is 24. The second kappa shape index (κ2) is 24.0. The minimum absolute atomic E-state index is 0.539. The quantitative estimate of drug-likeness (QED) is 0.0543. The summed E-state index contributed by atoms with van der Waals surface area (Å²) in [5, 5.41) is 5.36. The van der Waals surface area contributed by atoms with Gasteiger partial charge in [0, 0.05) is 0 Å². The third-order valence-electron chi connectivity index (χ3n) is 11.6. The Morgan fingerprint density at radius 3 is 0.471 bits per heavy atom. The zero-order valence-electron chi connectivity index (χ0n) is 41.3. The first-order valence-corrected chi connectivity index (χ1v) is 26.2. The van der Waals surface area contributed by atoms with Gasteiger partial charge in [-0.05, 0) is 120 Å². The lowest BCUT2D eigenvalue weighted by Gasteiger charge is -2.41. The van der Waals surface area contributed by atoms with Crippen LogP contribution in [0.15, 0.2) is 109 Å². The van der Waals surface area contributed by atoms with E-state index < -0.39 is 29.2 Å². The van der Waals surface area contributed by atoms with Crippen LogP contribution in [0.4, 0.5) is 0 Å². The Labute approximate surface area is 405 Å². The zero-order chi connectivity index (χ0) is 49.0. The van der Waals surface area contributed by atoms with Crippen molar-refractivity contribution in [2.24, 2.45) is 5.41 Å². The van der Waals surface area contributed by atoms with Crippen LogP contribution in [0, 0.1) is 5.41 Å². The van der Waals surface area contributed by atoms with E-state index in [1.807, 2.05) is 109 Å². The highest BCUT2D eigenvalue weighted by molar-refractivity contribution is 7.76. The maximum absolute atomic E-state index is 6.26. The largest absolute Gasteiger partial charge is 0.496 e. The highest BCUT2D eigenvalue weighted by Crippen LogP contribution is 2.59. The van der Waals surface area contributed by atoms with Gasteiger partial charge in [0.2, 0.25) is 0 Å². The third kappa shape index (κ3) is 10.6. The fourth-order valence-electron chi connectivity index (χ4n) is 8.69. The molecule has 6 aromatic rings. The van der Waals surface area contributed by atoms with Crippen LogP contribution >= 0.6 is 23.8 Å². The van der Waals surface area contributed by atoms with Crippen molar-refractivity contribution in [1.82, 2.24) is 0 Å². The molecule has 0 spiro atoms. The predicted octanol–water partition coefficient (Wildman–Crippen LogP) is 8.49. The van der Waals surface area contributed by atoms with Crippen molar-refractivity contribution in [3.05, 3.63) is 109 Å². The van der Waals surface area contributed by atoms with Crippen LogP contribution < -0.4 is 88.7 Å². The summed E-state index contributed by atoms with van der Waals surface area (Å²) in [5.41, 5.74) is -0.698. The van der Waals surface area contributed by atoms with E-state index in [0.717, 1.165) is 31.8 Å². The van der Waals surface area contributed by atoms with Crippen molar-refractivity contribution < 1.29 is 56.8 Å². The lowest BCUT2D eigenvalue weighted by Crippen LogP contribution is -2.38. The van der Waals surface area contributed by atoms with Gasteiger partial charge in [0.15, 0.2) is 0 Å². The summed E-state index contributed by atoms with van der Waals surface area (Å²) in [6, 6.07) is 35.4. The highest BCUT2D eigenvalue weighted by Gasteiger charge is 2.44. The van der Waals surface area contributed by atoms with Crippen LogP contribution in [0.25, 0.3) is 0 Å². The Hall–Kier alpha value is -5.79. The van der Waals surface area contributed by atoms with E-state index in [1.54, 1.807) is 85.3 Å². The van der Waals surface area contributed by atoms with Crippen molar-refractivity contribution in [1.29, 1.82) is 0 Å². The molecular weight excluding hydrogens is 921 g/mol. The van der Waals surface area contributed by atoms with Gasteiger partial charge in [0.05, 0.1) is 117 Å². The average Bonchev–Trinajstić information content (AvgIpc) is 3.39. The average molecular weight is 985 g/mol. The van der Waals surface area contributed by atoms with Gasteiger partial charge < -0.3 is 56.8 Å². The molecule has 15 heteroatoms. The first-order chi connectivity index (χ1) is 33.1. The number of ether oxygens (including phenoxy) is 12. The van der Waals surface area contributed by atoms with Gasteiger partial charge >= 0.3 is 0 Å². The molecule has 0 aromatic heterocycles. The van der Waals surface area contributed by atoms with Crippen LogP contribution in [0.1, 0.15) is 6.92 Å². The first-order valence-electron chi connectivity index (χ1n) is 21.7. The summed E-state index contributed by atoms with van der Waals surface area (Å²) >= 11 is 0. The lowest BCUT2D eigenvalue weighted by molar-refractivity contribution is 0.398. The molecule has 68 heavy (non-hydrogen) atoms. The molecule has 0 radical (unpaired) electrons. The number of hydrogen-bond donors (Lipinski definition) is 0. The normalized spacial score (nSPS) is 11.3. The van der Waals surface area contributed by atoms with Gasteiger partial charge in [-0.25, -0.2) is 0 Å². The number of hydrogen-bond acceptors (Lipinski definition) is 12. The van der Waals surface area contributed by atoms with E-state index in [4.69, 9.17) is 56.8 Å². The van der Waals surface area contributed by atoms with Crippen LogP contribution in [-0.2, 0) is 0 Å². The van der Waals surface area contributed by atoms with Gasteiger partial charge in [-0.15, -0.1) is 0 Å². The standard InChI is InChI=1S/C53H63O12P3/c1-53(32-66(47-35(54-2)20-14-21-36(47)55-3)48-37(56-4)22-15-23-38(48)57-5,33-67(49-39(58-6)24-16-25-40(49)59-7)50-41(60-8)26-17-27-42(50)61-9)34-68(51-43(62-10)28-18-29-44(51)63-11)52-45(64-12)30-19-31-46(52)65-13/h14-31H,32-34H2,1-13H3. The Morgan fingerprint density at radius 1 is 0.250 bits per heavy atom. The molecule has 0 aliphatic rings. The maximum atomic E-state index is 6.26. The van der Waals surface area contributed by atoms with Crippen LogP contribution in [-0.4, -0.2) is 104 Å². The monoisotopic (exact) mass is 984 g/mol. The molecule has 0 saturated carbocycles. The fourth-order valence-corrected chi connectivity index (χ4v) is 19.0. The summed E-state index contributed by atoms with van der Waals surface area (Å²) in [5.74, 6) is 8.07. The van der Waals surface area contributed by atoms with Gasteiger partial charge in [0.25, 0.3) is 0 Å². The first kappa shape index (κ1) is 51.6. The van der Waals surface area contributed by atoms with Gasteiger partial charge in [-0.1, -0.05) is 43.3 Å². The van der Waals surface area contributed by atoms with Crippen molar-refractivity contribution in [3.63, 3.8) is 0 Å². The molecular formula is C53H63O12P3. The Morgan fingerprint density at radius 2 is 0.368 bits per heavy atom. The molecule has 0 N–H and O–H groups in total. The van der Waals surface area contributed by atoms with Crippen LogP contribution in [0.3, 0.4) is 0 Å². The molecule has 0 heterocycles. The summed E-state index contributed by atoms with van der Waals surface area (Å²) in [6.07, 6.45) is 1.62. The highest BCUT2D eigenvalue weighted by atomic mass is 31.1. The fraction of sp³-hybridized carbons (Fsp3) is 0.321. The molecule has 0 unspecified atom stereocenters. The van der Waals surface area contributed by atoms with E-state index in [-0.39, 0.29) is 0 Å². The maximum Gasteiger partial charge on any atom is 0.130 e. The topological polar surface area (TPSA) is 111 Å². The minimum Gasteiger partial charge on any atom is -0.496 e. The summed E-state index contributed by atoms with van der Waals surface area (Å²) in [6.45, 7) is 2.35. The Balaban J connectivity index is 1.81. The minimum atomic E-state index is -1.50.